The molecule has 0 fully saturated rings. The van der Waals surface area contributed by atoms with Crippen molar-refractivity contribution in [2.45, 2.75) is 47.1 Å². The second kappa shape index (κ2) is 8.20. The zero-order chi connectivity index (χ0) is 19.4. The molecule has 2 aromatic heterocycles. The maximum absolute atomic E-state index is 12.4. The van der Waals surface area contributed by atoms with Crippen molar-refractivity contribution in [1.82, 2.24) is 20.0 Å². The number of amides is 1. The molecular weight excluding hydrogens is 338 g/mol. The summed E-state index contributed by atoms with van der Waals surface area (Å²) in [5.74, 6) is 0.550. The number of anilines is 1. The van der Waals surface area contributed by atoms with Crippen molar-refractivity contribution in [1.29, 1.82) is 0 Å². The Kier molecular flexibility index (Phi) is 5.74. The van der Waals surface area contributed by atoms with Crippen molar-refractivity contribution in [3.05, 3.63) is 53.5 Å². The molecule has 0 spiro atoms. The molecule has 2 N–H and O–H groups in total. The fraction of sp³-hybridized carbons (Fsp3) is 0.381. The van der Waals surface area contributed by atoms with Gasteiger partial charge in [-0.1, -0.05) is 26.0 Å². The molecule has 0 atom stereocenters. The minimum atomic E-state index is 0.00664. The van der Waals surface area contributed by atoms with Crippen LogP contribution < -0.4 is 5.32 Å². The van der Waals surface area contributed by atoms with Gasteiger partial charge in [-0.2, -0.15) is 10.2 Å². The number of carbonyl (C=O) groups is 1. The van der Waals surface area contributed by atoms with Crippen LogP contribution in [-0.2, 0) is 17.8 Å². The zero-order valence-corrected chi connectivity index (χ0v) is 16.4. The number of nitrogens with one attached hydrogen (secondary N) is 2. The summed E-state index contributed by atoms with van der Waals surface area (Å²) in [4.78, 5) is 12.4. The van der Waals surface area contributed by atoms with Gasteiger partial charge in [0.05, 0.1) is 11.4 Å². The number of carbonyl (C=O) groups excluding carboxylic acids is 1. The Morgan fingerprint density at radius 3 is 2.78 bits per heavy atom. The molecule has 142 valence electrons. The van der Waals surface area contributed by atoms with Crippen molar-refractivity contribution in [2.75, 3.05) is 5.32 Å². The minimum absolute atomic E-state index is 0.00664. The lowest BCUT2D eigenvalue weighted by Crippen LogP contribution is -2.13. The Labute approximate surface area is 160 Å². The molecule has 0 aliphatic rings. The fourth-order valence-electron chi connectivity index (χ4n) is 3.26. The van der Waals surface area contributed by atoms with Gasteiger partial charge >= 0.3 is 0 Å². The van der Waals surface area contributed by atoms with Gasteiger partial charge in [-0.05, 0) is 49.9 Å². The second-order valence-electron chi connectivity index (χ2n) is 7.32. The molecule has 0 radical (unpaired) electrons. The Morgan fingerprint density at radius 1 is 1.26 bits per heavy atom. The van der Waals surface area contributed by atoms with Gasteiger partial charge in [-0.25, -0.2) is 0 Å². The molecule has 0 aliphatic heterocycles. The number of nitrogens with zero attached hydrogens (tertiary/aromatic N) is 3. The highest BCUT2D eigenvalue weighted by atomic mass is 16.1. The summed E-state index contributed by atoms with van der Waals surface area (Å²) in [5, 5.41) is 14.5. The molecule has 0 aliphatic carbocycles. The number of aryl methyl sites for hydroxylation is 1. The molecule has 3 aromatic rings. The predicted octanol–water partition coefficient (Wildman–Crippen LogP) is 4.12. The Hall–Kier alpha value is -2.89. The van der Waals surface area contributed by atoms with Gasteiger partial charge in [-0.15, -0.1) is 0 Å². The zero-order valence-electron chi connectivity index (χ0n) is 16.4. The van der Waals surface area contributed by atoms with Crippen molar-refractivity contribution in [3.8, 4) is 11.3 Å². The lowest BCUT2D eigenvalue weighted by Gasteiger charge is -2.09. The van der Waals surface area contributed by atoms with E-state index in [0.717, 1.165) is 34.9 Å². The predicted molar refractivity (Wildman–Crippen MR) is 108 cm³/mol. The first-order valence-corrected chi connectivity index (χ1v) is 9.36. The first-order valence-electron chi connectivity index (χ1n) is 9.36. The van der Waals surface area contributed by atoms with Gasteiger partial charge in [-0.3, -0.25) is 14.6 Å². The van der Waals surface area contributed by atoms with Crippen molar-refractivity contribution in [3.63, 3.8) is 0 Å². The van der Waals surface area contributed by atoms with Crippen LogP contribution >= 0.6 is 0 Å². The number of hydrogen-bond acceptors (Lipinski definition) is 3. The molecule has 0 saturated heterocycles. The summed E-state index contributed by atoms with van der Waals surface area (Å²) in [6.07, 6.45) is 2.84. The standard InChI is InChI=1S/C21H27N5O/c1-14(2)13-26-16(4)19(15(3)25-26)8-9-21(27)23-18-7-5-6-17(12-18)20-10-11-22-24-20/h5-7,10-12,14H,8-9,13H2,1-4H3,(H,22,24)(H,23,27). The molecule has 6 nitrogen and oxygen atoms in total. The number of H-pyrrole nitrogens is 1. The number of aromatic nitrogens is 4. The Morgan fingerprint density at radius 2 is 2.07 bits per heavy atom. The van der Waals surface area contributed by atoms with E-state index in [0.29, 0.717) is 18.8 Å². The van der Waals surface area contributed by atoms with Crippen LogP contribution in [-0.4, -0.2) is 25.9 Å². The SMILES string of the molecule is Cc1nn(CC(C)C)c(C)c1CCC(=O)Nc1cccc(-c2ccn[nH]2)c1. The number of aromatic amines is 1. The van der Waals surface area contributed by atoms with E-state index in [2.05, 4.69) is 46.1 Å². The topological polar surface area (TPSA) is 75.6 Å². The molecule has 3 rings (SSSR count). The molecule has 6 heteroatoms. The van der Waals surface area contributed by atoms with E-state index in [1.807, 2.05) is 37.3 Å². The maximum Gasteiger partial charge on any atom is 0.224 e. The molecular formula is C21H27N5O. The van der Waals surface area contributed by atoms with Gasteiger partial charge < -0.3 is 5.32 Å². The molecule has 1 amide bonds. The Bertz CT molecular complexity index is 909. The van der Waals surface area contributed by atoms with E-state index in [4.69, 9.17) is 0 Å². The van der Waals surface area contributed by atoms with E-state index in [-0.39, 0.29) is 5.91 Å². The van der Waals surface area contributed by atoms with E-state index in [1.165, 1.54) is 5.56 Å². The van der Waals surface area contributed by atoms with Gasteiger partial charge in [0.1, 0.15) is 0 Å². The molecule has 0 bridgehead atoms. The van der Waals surface area contributed by atoms with Crippen molar-refractivity contribution in [2.24, 2.45) is 5.92 Å². The number of rotatable bonds is 7. The van der Waals surface area contributed by atoms with Gasteiger partial charge in [0.25, 0.3) is 0 Å². The van der Waals surface area contributed by atoms with Crippen LogP contribution in [0.2, 0.25) is 0 Å². The van der Waals surface area contributed by atoms with E-state index in [1.54, 1.807) is 6.20 Å². The third-order valence-corrected chi connectivity index (χ3v) is 4.63. The second-order valence-corrected chi connectivity index (χ2v) is 7.32. The lowest BCUT2D eigenvalue weighted by molar-refractivity contribution is -0.116. The van der Waals surface area contributed by atoms with Gasteiger partial charge in [0.15, 0.2) is 0 Å². The first-order chi connectivity index (χ1) is 12.9. The highest BCUT2D eigenvalue weighted by Gasteiger charge is 2.14. The van der Waals surface area contributed by atoms with Crippen LogP contribution in [0.4, 0.5) is 5.69 Å². The normalized spacial score (nSPS) is 11.1. The quantitative estimate of drug-likeness (QED) is 0.661. The summed E-state index contributed by atoms with van der Waals surface area (Å²) in [7, 11) is 0. The average molecular weight is 365 g/mol. The van der Waals surface area contributed by atoms with Crippen molar-refractivity contribution < 1.29 is 4.79 Å². The van der Waals surface area contributed by atoms with Gasteiger partial charge in [0, 0.05) is 36.1 Å². The van der Waals surface area contributed by atoms with E-state index < -0.39 is 0 Å². The van der Waals surface area contributed by atoms with Gasteiger partial charge in [0.2, 0.25) is 5.91 Å². The van der Waals surface area contributed by atoms with E-state index in [9.17, 15) is 4.79 Å². The number of hydrogen-bond donors (Lipinski definition) is 2. The van der Waals surface area contributed by atoms with Crippen LogP contribution in [0.3, 0.4) is 0 Å². The van der Waals surface area contributed by atoms with Crippen molar-refractivity contribution >= 4 is 11.6 Å². The summed E-state index contributed by atoms with van der Waals surface area (Å²) in [6, 6.07) is 9.66. The first kappa shape index (κ1) is 18.9. The summed E-state index contributed by atoms with van der Waals surface area (Å²) >= 11 is 0. The molecule has 2 heterocycles. The third kappa shape index (κ3) is 4.64. The average Bonchev–Trinajstić information content (AvgIpc) is 3.23. The monoisotopic (exact) mass is 365 g/mol. The van der Waals surface area contributed by atoms with Crippen LogP contribution in [0.15, 0.2) is 36.5 Å². The molecule has 27 heavy (non-hydrogen) atoms. The largest absolute Gasteiger partial charge is 0.326 e. The Balaban J connectivity index is 1.62. The molecule has 1 aromatic carbocycles. The highest BCUT2D eigenvalue weighted by Crippen LogP contribution is 2.21. The summed E-state index contributed by atoms with van der Waals surface area (Å²) in [5.41, 5.74) is 6.06. The molecule has 0 unspecified atom stereocenters. The summed E-state index contributed by atoms with van der Waals surface area (Å²) in [6.45, 7) is 9.37. The van der Waals surface area contributed by atoms with Crippen LogP contribution in [0.1, 0.15) is 37.2 Å². The smallest absolute Gasteiger partial charge is 0.224 e. The minimum Gasteiger partial charge on any atom is -0.326 e. The number of benzene rings is 1. The van der Waals surface area contributed by atoms with Crippen LogP contribution in [0, 0.1) is 19.8 Å². The lowest BCUT2D eigenvalue weighted by atomic mass is 10.1. The fourth-order valence-corrected chi connectivity index (χ4v) is 3.26. The maximum atomic E-state index is 12.4. The van der Waals surface area contributed by atoms with E-state index >= 15 is 0 Å². The third-order valence-electron chi connectivity index (χ3n) is 4.63. The highest BCUT2D eigenvalue weighted by molar-refractivity contribution is 5.91. The molecule has 0 saturated carbocycles. The van der Waals surface area contributed by atoms with Crippen LogP contribution in [0.25, 0.3) is 11.3 Å². The van der Waals surface area contributed by atoms with Crippen LogP contribution in [0.5, 0.6) is 0 Å². The summed E-state index contributed by atoms with van der Waals surface area (Å²) < 4.78 is 2.06.